The number of nitrogens with one attached hydrogen (secondary N) is 1. The van der Waals surface area contributed by atoms with E-state index in [4.69, 9.17) is 4.74 Å². The van der Waals surface area contributed by atoms with Crippen LogP contribution in [0.3, 0.4) is 0 Å². The van der Waals surface area contributed by atoms with Crippen molar-refractivity contribution in [3.05, 3.63) is 22.2 Å². The first-order valence-corrected chi connectivity index (χ1v) is 8.73. The van der Waals surface area contributed by atoms with E-state index in [1.54, 1.807) is 12.1 Å². The van der Waals surface area contributed by atoms with Gasteiger partial charge in [0.2, 0.25) is 10.0 Å². The van der Waals surface area contributed by atoms with Crippen molar-refractivity contribution < 1.29 is 13.2 Å². The lowest BCUT2D eigenvalue weighted by atomic mass is 10.0. The predicted octanol–water partition coefficient (Wildman–Crippen LogP) is 3.24. The highest BCUT2D eigenvalue weighted by molar-refractivity contribution is 9.10. The Labute approximate surface area is 129 Å². The molecular weight excluding hydrogens is 342 g/mol. The molecule has 1 aromatic carbocycles. The van der Waals surface area contributed by atoms with Crippen molar-refractivity contribution in [3.63, 3.8) is 0 Å². The van der Waals surface area contributed by atoms with E-state index in [1.165, 1.54) is 0 Å². The average Bonchev–Trinajstić information content (AvgIpc) is 2.45. The number of hydrogen-bond donors (Lipinski definition) is 1. The first-order chi connectivity index (χ1) is 8.90. The molecule has 1 aliphatic heterocycles. The van der Waals surface area contributed by atoms with Crippen LogP contribution < -0.4 is 9.46 Å². The Hall–Kier alpha value is -0.590. The minimum absolute atomic E-state index is 0.257. The van der Waals surface area contributed by atoms with Gasteiger partial charge in [-0.25, -0.2) is 13.1 Å². The first kappa shape index (κ1) is 15.8. The van der Waals surface area contributed by atoms with Gasteiger partial charge in [0, 0.05) is 16.4 Å². The zero-order chi connectivity index (χ0) is 15.3. The topological polar surface area (TPSA) is 55.4 Å². The summed E-state index contributed by atoms with van der Waals surface area (Å²) >= 11 is 3.33. The third kappa shape index (κ3) is 3.35. The SMILES string of the molecule is CC(C)(C)NS(=O)(=O)c1cc2c(cc1Br)OC(C)(C)C2. The summed E-state index contributed by atoms with van der Waals surface area (Å²) in [6, 6.07) is 3.43. The fourth-order valence-corrected chi connectivity index (χ4v) is 4.76. The van der Waals surface area contributed by atoms with Gasteiger partial charge in [-0.1, -0.05) is 0 Å². The maximum Gasteiger partial charge on any atom is 0.242 e. The molecule has 1 aromatic rings. The van der Waals surface area contributed by atoms with E-state index in [1.807, 2.05) is 34.6 Å². The molecule has 4 nitrogen and oxygen atoms in total. The summed E-state index contributed by atoms with van der Waals surface area (Å²) in [6.07, 6.45) is 0.702. The lowest BCUT2D eigenvalue weighted by Gasteiger charge is -2.21. The summed E-state index contributed by atoms with van der Waals surface area (Å²) in [7, 11) is -3.56. The van der Waals surface area contributed by atoms with Crippen molar-refractivity contribution in [2.24, 2.45) is 0 Å². The lowest BCUT2D eigenvalue weighted by Crippen LogP contribution is -2.40. The number of sulfonamides is 1. The van der Waals surface area contributed by atoms with Gasteiger partial charge in [0.25, 0.3) is 0 Å². The molecule has 6 heteroatoms. The molecule has 0 atom stereocenters. The van der Waals surface area contributed by atoms with Gasteiger partial charge in [-0.2, -0.15) is 0 Å². The average molecular weight is 362 g/mol. The molecule has 2 rings (SSSR count). The summed E-state index contributed by atoms with van der Waals surface area (Å²) in [4.78, 5) is 0.257. The molecule has 0 spiro atoms. The number of rotatable bonds is 2. The van der Waals surface area contributed by atoms with E-state index in [2.05, 4.69) is 20.7 Å². The number of benzene rings is 1. The Balaban J connectivity index is 2.46. The summed E-state index contributed by atoms with van der Waals surface area (Å²) in [6.45, 7) is 9.43. The van der Waals surface area contributed by atoms with Gasteiger partial charge in [0.15, 0.2) is 0 Å². The number of hydrogen-bond acceptors (Lipinski definition) is 3. The molecule has 0 saturated carbocycles. The van der Waals surface area contributed by atoms with Crippen molar-refractivity contribution >= 4 is 26.0 Å². The molecule has 0 aromatic heterocycles. The Bertz CT molecular complexity index is 645. The second kappa shape index (κ2) is 4.71. The predicted molar refractivity (Wildman–Crippen MR) is 82.6 cm³/mol. The largest absolute Gasteiger partial charge is 0.487 e. The van der Waals surface area contributed by atoms with Crippen LogP contribution in [0.4, 0.5) is 0 Å². The Morgan fingerprint density at radius 1 is 1.30 bits per heavy atom. The minimum Gasteiger partial charge on any atom is -0.487 e. The highest BCUT2D eigenvalue weighted by Gasteiger charge is 2.33. The molecule has 1 N–H and O–H groups in total. The van der Waals surface area contributed by atoms with Crippen molar-refractivity contribution in [1.29, 1.82) is 0 Å². The monoisotopic (exact) mass is 361 g/mol. The fraction of sp³-hybridized carbons (Fsp3) is 0.571. The van der Waals surface area contributed by atoms with Crippen molar-refractivity contribution in [2.45, 2.75) is 57.1 Å². The third-order valence-electron chi connectivity index (χ3n) is 2.85. The van der Waals surface area contributed by atoms with E-state index >= 15 is 0 Å². The smallest absolute Gasteiger partial charge is 0.242 e. The van der Waals surface area contributed by atoms with Crippen molar-refractivity contribution in [1.82, 2.24) is 4.72 Å². The highest BCUT2D eigenvalue weighted by Crippen LogP contribution is 2.39. The van der Waals surface area contributed by atoms with Gasteiger partial charge in [-0.05, 0) is 68.2 Å². The van der Waals surface area contributed by atoms with Gasteiger partial charge in [0.1, 0.15) is 11.4 Å². The van der Waals surface area contributed by atoms with Crippen LogP contribution >= 0.6 is 15.9 Å². The second-order valence-corrected chi connectivity index (χ2v) is 9.29. The van der Waals surface area contributed by atoms with Crippen LogP contribution in [0.5, 0.6) is 5.75 Å². The Kier molecular flexibility index (Phi) is 3.72. The molecule has 0 radical (unpaired) electrons. The molecular formula is C14H20BrNO3S. The molecule has 0 amide bonds. The van der Waals surface area contributed by atoms with Crippen LogP contribution in [0, 0.1) is 0 Å². The van der Waals surface area contributed by atoms with Crippen molar-refractivity contribution in [3.8, 4) is 5.75 Å². The van der Waals surface area contributed by atoms with Crippen LogP contribution in [-0.4, -0.2) is 19.6 Å². The molecule has 0 fully saturated rings. The van der Waals surface area contributed by atoms with Crippen LogP contribution in [0.15, 0.2) is 21.5 Å². The summed E-state index contributed by atoms with van der Waals surface area (Å²) in [5.41, 5.74) is 0.113. The second-order valence-electron chi connectivity index (χ2n) is 6.78. The quantitative estimate of drug-likeness (QED) is 0.879. The van der Waals surface area contributed by atoms with E-state index in [0.29, 0.717) is 10.9 Å². The molecule has 0 aliphatic carbocycles. The maximum atomic E-state index is 12.4. The van der Waals surface area contributed by atoms with Crippen LogP contribution in [0.2, 0.25) is 0 Å². The Morgan fingerprint density at radius 2 is 1.90 bits per heavy atom. The van der Waals surface area contributed by atoms with Crippen LogP contribution in [-0.2, 0) is 16.4 Å². The van der Waals surface area contributed by atoms with Gasteiger partial charge in [0.05, 0.1) is 4.90 Å². The summed E-state index contributed by atoms with van der Waals surface area (Å²) in [5, 5.41) is 0. The highest BCUT2D eigenvalue weighted by atomic mass is 79.9. The molecule has 20 heavy (non-hydrogen) atoms. The zero-order valence-corrected chi connectivity index (χ0v) is 14.8. The van der Waals surface area contributed by atoms with Gasteiger partial charge >= 0.3 is 0 Å². The molecule has 112 valence electrons. The molecule has 0 unspecified atom stereocenters. The van der Waals surface area contributed by atoms with Crippen LogP contribution in [0.1, 0.15) is 40.2 Å². The van der Waals surface area contributed by atoms with Gasteiger partial charge < -0.3 is 4.74 Å². The number of ether oxygens (including phenoxy) is 1. The first-order valence-electron chi connectivity index (χ1n) is 6.45. The minimum atomic E-state index is -3.56. The summed E-state index contributed by atoms with van der Waals surface area (Å²) < 4.78 is 33.9. The number of halogens is 1. The van der Waals surface area contributed by atoms with Gasteiger partial charge in [-0.15, -0.1) is 0 Å². The zero-order valence-electron chi connectivity index (χ0n) is 12.4. The maximum absolute atomic E-state index is 12.4. The lowest BCUT2D eigenvalue weighted by molar-refractivity contribution is 0.138. The fourth-order valence-electron chi connectivity index (χ4n) is 2.27. The van der Waals surface area contributed by atoms with E-state index in [9.17, 15) is 8.42 Å². The third-order valence-corrected chi connectivity index (χ3v) is 5.56. The Morgan fingerprint density at radius 3 is 2.45 bits per heavy atom. The molecule has 1 aliphatic rings. The van der Waals surface area contributed by atoms with E-state index in [0.717, 1.165) is 11.3 Å². The van der Waals surface area contributed by atoms with Crippen molar-refractivity contribution in [2.75, 3.05) is 0 Å². The normalized spacial score (nSPS) is 17.7. The molecule has 1 heterocycles. The van der Waals surface area contributed by atoms with E-state index < -0.39 is 15.6 Å². The molecule has 0 saturated heterocycles. The van der Waals surface area contributed by atoms with Crippen LogP contribution in [0.25, 0.3) is 0 Å². The molecule has 0 bridgehead atoms. The van der Waals surface area contributed by atoms with Gasteiger partial charge in [-0.3, -0.25) is 0 Å². The number of fused-ring (bicyclic) bond motifs is 1. The standard InChI is InChI=1S/C14H20BrNO3S/c1-13(2,3)16-20(17,18)12-6-9-8-14(4,5)19-11(9)7-10(12)15/h6-7,16H,8H2,1-5H3. The van der Waals surface area contributed by atoms with E-state index in [-0.39, 0.29) is 10.5 Å². The summed E-state index contributed by atoms with van der Waals surface area (Å²) in [5.74, 6) is 0.747.